The summed E-state index contributed by atoms with van der Waals surface area (Å²) in [7, 11) is -2.89. The molecule has 2 saturated heterocycles. The Morgan fingerprint density at radius 1 is 1.13 bits per heavy atom. The maximum atomic E-state index is 11.4. The van der Waals surface area contributed by atoms with Crippen molar-refractivity contribution in [3.63, 3.8) is 0 Å². The molecular formula is C23H39N5O2S. The number of nitrogens with one attached hydrogen (secondary N) is 2. The number of hydrogen-bond acceptors (Lipinski definition) is 5. The molecule has 1 aromatic rings. The van der Waals surface area contributed by atoms with Crippen LogP contribution in [0.5, 0.6) is 0 Å². The van der Waals surface area contributed by atoms with Gasteiger partial charge in [-0.2, -0.15) is 0 Å². The van der Waals surface area contributed by atoms with Gasteiger partial charge >= 0.3 is 0 Å². The van der Waals surface area contributed by atoms with Gasteiger partial charge in [-0.3, -0.25) is 9.89 Å². The monoisotopic (exact) mass is 449 g/mol. The van der Waals surface area contributed by atoms with Gasteiger partial charge in [0.2, 0.25) is 0 Å². The Balaban J connectivity index is 1.47. The molecule has 1 unspecified atom stereocenters. The largest absolute Gasteiger partial charge is 0.357 e. The molecule has 0 aromatic heterocycles. The zero-order valence-corrected chi connectivity index (χ0v) is 19.9. The van der Waals surface area contributed by atoms with Crippen LogP contribution in [-0.4, -0.2) is 87.5 Å². The number of likely N-dealkylation sites (tertiary alicyclic amines) is 2. The van der Waals surface area contributed by atoms with Crippen molar-refractivity contribution in [3.8, 4) is 0 Å². The SMILES string of the molecule is CCNC(=NCC1CCCN1Cc1ccccc1)NC1CCN(CCS(C)(=O)=O)CC1. The minimum absolute atomic E-state index is 0.246. The molecule has 0 aliphatic carbocycles. The minimum Gasteiger partial charge on any atom is -0.357 e. The Morgan fingerprint density at radius 2 is 1.87 bits per heavy atom. The molecule has 1 aromatic carbocycles. The van der Waals surface area contributed by atoms with Gasteiger partial charge in [0.1, 0.15) is 9.84 Å². The van der Waals surface area contributed by atoms with E-state index >= 15 is 0 Å². The molecule has 2 aliphatic rings. The van der Waals surface area contributed by atoms with E-state index in [1.807, 2.05) is 0 Å². The molecule has 0 radical (unpaired) electrons. The second-order valence-corrected chi connectivity index (χ2v) is 11.1. The molecule has 2 N–H and O–H groups in total. The smallest absolute Gasteiger partial charge is 0.191 e. The van der Waals surface area contributed by atoms with Crippen molar-refractivity contribution in [2.75, 3.05) is 51.3 Å². The highest BCUT2D eigenvalue weighted by atomic mass is 32.2. The number of hydrogen-bond donors (Lipinski definition) is 2. The quantitative estimate of drug-likeness (QED) is 0.442. The number of guanidine groups is 1. The van der Waals surface area contributed by atoms with Crippen LogP contribution in [0.15, 0.2) is 35.3 Å². The molecule has 2 fully saturated rings. The summed E-state index contributed by atoms with van der Waals surface area (Å²) in [5.74, 6) is 1.15. The first kappa shape index (κ1) is 24.0. The van der Waals surface area contributed by atoms with Crippen molar-refractivity contribution in [2.24, 2.45) is 4.99 Å². The van der Waals surface area contributed by atoms with E-state index in [0.717, 1.165) is 58.1 Å². The fourth-order valence-corrected chi connectivity index (χ4v) is 5.02. The molecule has 2 heterocycles. The summed E-state index contributed by atoms with van der Waals surface area (Å²) in [6, 6.07) is 11.6. The fraction of sp³-hybridized carbons (Fsp3) is 0.696. The van der Waals surface area contributed by atoms with E-state index in [9.17, 15) is 8.42 Å². The van der Waals surface area contributed by atoms with Gasteiger partial charge in [-0.25, -0.2) is 8.42 Å². The predicted octanol–water partition coefficient (Wildman–Crippen LogP) is 1.72. The summed E-state index contributed by atoms with van der Waals surface area (Å²) >= 11 is 0. The Labute approximate surface area is 188 Å². The van der Waals surface area contributed by atoms with Crippen LogP contribution in [0, 0.1) is 0 Å². The molecule has 7 nitrogen and oxygen atoms in total. The Kier molecular flexibility index (Phi) is 9.16. The van der Waals surface area contributed by atoms with E-state index in [1.165, 1.54) is 24.7 Å². The molecule has 0 spiro atoms. The van der Waals surface area contributed by atoms with Gasteiger partial charge in [0, 0.05) is 51.1 Å². The van der Waals surface area contributed by atoms with Gasteiger partial charge in [0.25, 0.3) is 0 Å². The third-order valence-corrected chi connectivity index (χ3v) is 7.16. The van der Waals surface area contributed by atoms with Gasteiger partial charge in [0.15, 0.2) is 5.96 Å². The molecule has 174 valence electrons. The van der Waals surface area contributed by atoms with E-state index < -0.39 is 9.84 Å². The fourth-order valence-electron chi connectivity index (χ4n) is 4.43. The molecule has 0 amide bonds. The molecule has 2 aliphatic heterocycles. The summed E-state index contributed by atoms with van der Waals surface area (Å²) in [4.78, 5) is 9.74. The first-order valence-electron chi connectivity index (χ1n) is 11.7. The zero-order valence-electron chi connectivity index (χ0n) is 19.1. The third kappa shape index (κ3) is 8.43. The summed E-state index contributed by atoms with van der Waals surface area (Å²) in [6.45, 7) is 8.40. The van der Waals surface area contributed by atoms with Crippen LogP contribution in [0.4, 0.5) is 0 Å². The van der Waals surface area contributed by atoms with Gasteiger partial charge in [-0.1, -0.05) is 30.3 Å². The molecule has 0 bridgehead atoms. The molecule has 1 atom stereocenters. The Hall–Kier alpha value is -1.64. The van der Waals surface area contributed by atoms with Crippen LogP contribution >= 0.6 is 0 Å². The van der Waals surface area contributed by atoms with Crippen molar-refractivity contribution in [2.45, 2.75) is 51.2 Å². The normalized spacial score (nSPS) is 22.0. The number of piperidine rings is 1. The summed E-state index contributed by atoms with van der Waals surface area (Å²) in [6.07, 6.45) is 5.78. The average Bonchev–Trinajstić information content (AvgIpc) is 3.19. The van der Waals surface area contributed by atoms with Gasteiger partial charge in [0.05, 0.1) is 12.3 Å². The van der Waals surface area contributed by atoms with E-state index in [2.05, 4.69) is 57.7 Å². The number of nitrogens with zero attached hydrogens (tertiary/aromatic N) is 3. The number of rotatable bonds is 9. The highest BCUT2D eigenvalue weighted by Gasteiger charge is 2.25. The van der Waals surface area contributed by atoms with E-state index in [-0.39, 0.29) is 5.75 Å². The third-order valence-electron chi connectivity index (χ3n) is 6.24. The molecule has 31 heavy (non-hydrogen) atoms. The Morgan fingerprint density at radius 3 is 2.55 bits per heavy atom. The van der Waals surface area contributed by atoms with E-state index in [4.69, 9.17) is 4.99 Å². The van der Waals surface area contributed by atoms with Gasteiger partial charge in [-0.05, 0) is 44.7 Å². The highest BCUT2D eigenvalue weighted by molar-refractivity contribution is 7.90. The lowest BCUT2D eigenvalue weighted by Gasteiger charge is -2.33. The minimum atomic E-state index is -2.89. The van der Waals surface area contributed by atoms with E-state index in [1.54, 1.807) is 0 Å². The van der Waals surface area contributed by atoms with Crippen molar-refractivity contribution >= 4 is 15.8 Å². The van der Waals surface area contributed by atoms with Crippen LogP contribution in [0.25, 0.3) is 0 Å². The van der Waals surface area contributed by atoms with Crippen LogP contribution < -0.4 is 10.6 Å². The van der Waals surface area contributed by atoms with Crippen LogP contribution in [0.3, 0.4) is 0 Å². The second-order valence-electron chi connectivity index (χ2n) is 8.86. The first-order chi connectivity index (χ1) is 14.9. The number of aliphatic imine (C=N–C) groups is 1. The zero-order chi connectivity index (χ0) is 22.1. The number of sulfone groups is 1. The summed E-state index contributed by atoms with van der Waals surface area (Å²) in [5, 5.41) is 7.02. The molecule has 8 heteroatoms. The van der Waals surface area contributed by atoms with Gasteiger partial charge in [-0.15, -0.1) is 0 Å². The van der Waals surface area contributed by atoms with Crippen LogP contribution in [0.2, 0.25) is 0 Å². The number of benzene rings is 1. The standard InChI is InChI=1S/C23H39N5O2S/c1-3-24-23(26-21-11-14-27(15-12-21)16-17-31(2,29)30)25-18-22-10-7-13-28(22)19-20-8-5-4-6-9-20/h4-6,8-9,21-22H,3,7,10-19H2,1-2H3,(H2,24,25,26). The topological polar surface area (TPSA) is 77.0 Å². The van der Waals surface area contributed by atoms with Crippen LogP contribution in [-0.2, 0) is 16.4 Å². The van der Waals surface area contributed by atoms with Crippen molar-refractivity contribution in [1.82, 2.24) is 20.4 Å². The second kappa shape index (κ2) is 11.8. The molecule has 3 rings (SSSR count). The molecule has 0 saturated carbocycles. The van der Waals surface area contributed by atoms with Crippen molar-refractivity contribution in [1.29, 1.82) is 0 Å². The van der Waals surface area contributed by atoms with E-state index in [0.29, 0.717) is 18.6 Å². The molecular weight excluding hydrogens is 410 g/mol. The Bertz CT molecular complexity index is 791. The lowest BCUT2D eigenvalue weighted by atomic mass is 10.1. The predicted molar refractivity (Wildman–Crippen MR) is 128 cm³/mol. The van der Waals surface area contributed by atoms with Crippen molar-refractivity contribution in [3.05, 3.63) is 35.9 Å². The first-order valence-corrected chi connectivity index (χ1v) is 13.7. The maximum absolute atomic E-state index is 11.4. The lowest BCUT2D eigenvalue weighted by molar-refractivity contribution is 0.216. The van der Waals surface area contributed by atoms with Crippen molar-refractivity contribution < 1.29 is 8.42 Å². The maximum Gasteiger partial charge on any atom is 0.191 e. The van der Waals surface area contributed by atoms with Crippen LogP contribution in [0.1, 0.15) is 38.2 Å². The summed E-state index contributed by atoms with van der Waals surface area (Å²) < 4.78 is 22.8. The lowest BCUT2D eigenvalue weighted by Crippen LogP contribution is -2.49. The average molecular weight is 450 g/mol. The highest BCUT2D eigenvalue weighted by Crippen LogP contribution is 2.20. The summed E-state index contributed by atoms with van der Waals surface area (Å²) in [5.41, 5.74) is 1.37. The van der Waals surface area contributed by atoms with Gasteiger partial charge < -0.3 is 15.5 Å².